The molecule has 5 heteroatoms. The van der Waals surface area contributed by atoms with Gasteiger partial charge < -0.3 is 25.5 Å². The summed E-state index contributed by atoms with van der Waals surface area (Å²) in [7, 11) is 0. The van der Waals surface area contributed by atoms with Gasteiger partial charge in [0, 0.05) is 0 Å². The molecule has 4 saturated carbocycles. The first-order valence-corrected chi connectivity index (χ1v) is 13.3. The van der Waals surface area contributed by atoms with Crippen molar-refractivity contribution >= 4 is 0 Å². The molecular formula is C27H48O5. The summed E-state index contributed by atoms with van der Waals surface area (Å²) in [4.78, 5) is 0. The molecule has 4 rings (SSSR count). The van der Waals surface area contributed by atoms with Gasteiger partial charge in [-0.15, -0.1) is 0 Å². The second kappa shape index (κ2) is 8.78. The van der Waals surface area contributed by atoms with E-state index in [0.717, 1.165) is 44.9 Å². The fourth-order valence-electron chi connectivity index (χ4n) is 9.47. The van der Waals surface area contributed by atoms with Crippen molar-refractivity contribution in [3.63, 3.8) is 0 Å². The maximum atomic E-state index is 11.3. The molecule has 0 aromatic rings. The molecule has 0 aromatic carbocycles. The van der Waals surface area contributed by atoms with Crippen LogP contribution in [0.3, 0.4) is 0 Å². The van der Waals surface area contributed by atoms with E-state index in [2.05, 4.69) is 20.8 Å². The van der Waals surface area contributed by atoms with Gasteiger partial charge in [-0.3, -0.25) is 0 Å². The van der Waals surface area contributed by atoms with Crippen LogP contribution in [0.25, 0.3) is 0 Å². The van der Waals surface area contributed by atoms with Crippen LogP contribution in [-0.4, -0.2) is 56.1 Å². The summed E-state index contributed by atoms with van der Waals surface area (Å²) in [6.45, 7) is 10.7. The fourth-order valence-corrected chi connectivity index (χ4v) is 9.47. The average molecular weight is 453 g/mol. The summed E-state index contributed by atoms with van der Waals surface area (Å²) in [5.74, 6) is 1.78. The van der Waals surface area contributed by atoms with E-state index in [1.54, 1.807) is 0 Å². The lowest BCUT2D eigenvalue weighted by Gasteiger charge is -2.62. The predicted molar refractivity (Wildman–Crippen MR) is 125 cm³/mol. The van der Waals surface area contributed by atoms with Crippen LogP contribution in [0.2, 0.25) is 0 Å². The van der Waals surface area contributed by atoms with E-state index in [1.165, 1.54) is 0 Å². The van der Waals surface area contributed by atoms with Crippen molar-refractivity contribution in [1.82, 2.24) is 0 Å². The Balaban J connectivity index is 1.55. The molecule has 0 saturated heterocycles. The second-order valence-corrected chi connectivity index (χ2v) is 13.1. The van der Waals surface area contributed by atoms with Crippen molar-refractivity contribution in [3.05, 3.63) is 0 Å². The van der Waals surface area contributed by atoms with E-state index in [-0.39, 0.29) is 46.7 Å². The van der Waals surface area contributed by atoms with Gasteiger partial charge in [-0.05, 0) is 104 Å². The number of fused-ring (bicyclic) bond motifs is 5. The standard InChI is InChI=1S/C27H48O5/c1-14(2)25(32)23(31)10-15(3)24-22(30)13-19-17-12-21(29)20-11-16(28)6-8-26(20,4)18(17)7-9-27(19,24)5/h14-25,28-32H,6-13H2,1-5H3/t15-,16+,17-,18+,19+,20-,21-,22+,23-,24+,25+,26-,27+/m1/s1. The zero-order chi connectivity index (χ0) is 23.6. The third kappa shape index (κ3) is 3.88. The highest BCUT2D eigenvalue weighted by molar-refractivity contribution is 5.13. The van der Waals surface area contributed by atoms with Gasteiger partial charge in [-0.1, -0.05) is 34.6 Å². The van der Waals surface area contributed by atoms with E-state index < -0.39 is 18.3 Å². The van der Waals surface area contributed by atoms with Crippen molar-refractivity contribution in [2.24, 2.45) is 52.3 Å². The third-order valence-corrected chi connectivity index (χ3v) is 11.1. The fraction of sp³-hybridized carbons (Fsp3) is 1.00. The summed E-state index contributed by atoms with van der Waals surface area (Å²) in [6, 6.07) is 0. The van der Waals surface area contributed by atoms with Crippen molar-refractivity contribution in [2.45, 2.75) is 117 Å². The summed E-state index contributed by atoms with van der Waals surface area (Å²) in [6.07, 6.45) is 4.31. The van der Waals surface area contributed by atoms with Crippen LogP contribution in [0.15, 0.2) is 0 Å². The maximum Gasteiger partial charge on any atom is 0.0822 e. The van der Waals surface area contributed by atoms with Crippen molar-refractivity contribution in [3.8, 4) is 0 Å². The minimum Gasteiger partial charge on any atom is -0.393 e. The highest BCUT2D eigenvalue weighted by atomic mass is 16.3. The smallest absolute Gasteiger partial charge is 0.0822 e. The van der Waals surface area contributed by atoms with Crippen molar-refractivity contribution < 1.29 is 25.5 Å². The second-order valence-electron chi connectivity index (χ2n) is 13.1. The Kier molecular flexibility index (Phi) is 6.84. The molecule has 0 aliphatic heterocycles. The zero-order valence-corrected chi connectivity index (χ0v) is 20.8. The van der Waals surface area contributed by atoms with E-state index in [0.29, 0.717) is 24.2 Å². The monoisotopic (exact) mass is 452 g/mol. The van der Waals surface area contributed by atoms with Crippen LogP contribution in [-0.2, 0) is 0 Å². The lowest BCUT2D eigenvalue weighted by atomic mass is 9.43. The van der Waals surface area contributed by atoms with Gasteiger partial charge in [0.2, 0.25) is 0 Å². The van der Waals surface area contributed by atoms with E-state index in [9.17, 15) is 25.5 Å². The highest BCUT2D eigenvalue weighted by Crippen LogP contribution is 2.68. The lowest BCUT2D eigenvalue weighted by molar-refractivity contribution is -0.173. The molecule has 0 aromatic heterocycles. The van der Waals surface area contributed by atoms with Gasteiger partial charge in [0.25, 0.3) is 0 Å². The topological polar surface area (TPSA) is 101 Å². The van der Waals surface area contributed by atoms with Gasteiger partial charge in [0.05, 0.1) is 30.5 Å². The summed E-state index contributed by atoms with van der Waals surface area (Å²) in [5.41, 5.74) is 0.0781. The molecule has 0 unspecified atom stereocenters. The number of aliphatic hydroxyl groups is 5. The van der Waals surface area contributed by atoms with Gasteiger partial charge in [-0.25, -0.2) is 0 Å². The van der Waals surface area contributed by atoms with Gasteiger partial charge in [-0.2, -0.15) is 0 Å². The Morgan fingerprint density at radius 2 is 1.44 bits per heavy atom. The lowest BCUT2D eigenvalue weighted by Crippen LogP contribution is -2.58. The molecule has 13 atom stereocenters. The van der Waals surface area contributed by atoms with E-state index >= 15 is 0 Å². The molecule has 4 aliphatic carbocycles. The molecule has 0 spiro atoms. The van der Waals surface area contributed by atoms with Crippen LogP contribution in [0.5, 0.6) is 0 Å². The van der Waals surface area contributed by atoms with Crippen LogP contribution in [0, 0.1) is 52.3 Å². The first-order valence-electron chi connectivity index (χ1n) is 13.3. The number of hydrogen-bond acceptors (Lipinski definition) is 5. The molecule has 0 amide bonds. The number of rotatable bonds is 5. The molecule has 5 N–H and O–H groups in total. The SMILES string of the molecule is CC(C)[C@H](O)[C@H](O)C[C@@H](C)[C@H]1[C@@H](O)C[C@H]2[C@@H]3C[C@@H](O)[C@H]4C[C@@H](O)CC[C@]4(C)[C@H]3CC[C@]12C. The van der Waals surface area contributed by atoms with Crippen molar-refractivity contribution in [1.29, 1.82) is 0 Å². The average Bonchev–Trinajstić information content (AvgIpc) is 2.99. The first kappa shape index (κ1) is 24.9. The van der Waals surface area contributed by atoms with E-state index in [4.69, 9.17) is 0 Å². The molecular weight excluding hydrogens is 404 g/mol. The van der Waals surface area contributed by atoms with Crippen molar-refractivity contribution in [2.75, 3.05) is 0 Å². The molecule has 186 valence electrons. The molecule has 4 aliphatic rings. The summed E-state index contributed by atoms with van der Waals surface area (Å²) >= 11 is 0. The molecule has 0 heterocycles. The van der Waals surface area contributed by atoms with Gasteiger partial charge >= 0.3 is 0 Å². The first-order chi connectivity index (χ1) is 14.9. The van der Waals surface area contributed by atoms with Gasteiger partial charge in [0.15, 0.2) is 0 Å². The number of hydrogen-bond donors (Lipinski definition) is 5. The van der Waals surface area contributed by atoms with Crippen LogP contribution in [0.4, 0.5) is 0 Å². The Morgan fingerprint density at radius 1 is 0.781 bits per heavy atom. The van der Waals surface area contributed by atoms with Gasteiger partial charge in [0.1, 0.15) is 0 Å². The Bertz CT molecular complexity index is 668. The Labute approximate surface area is 194 Å². The Morgan fingerprint density at radius 3 is 2.09 bits per heavy atom. The maximum absolute atomic E-state index is 11.3. The Hall–Kier alpha value is -0.200. The molecule has 4 fully saturated rings. The highest BCUT2D eigenvalue weighted by Gasteiger charge is 2.64. The van der Waals surface area contributed by atoms with E-state index in [1.807, 2.05) is 13.8 Å². The zero-order valence-electron chi connectivity index (χ0n) is 20.8. The van der Waals surface area contributed by atoms with Crippen LogP contribution < -0.4 is 0 Å². The van der Waals surface area contributed by atoms with Crippen LogP contribution >= 0.6 is 0 Å². The third-order valence-electron chi connectivity index (χ3n) is 11.1. The molecule has 0 radical (unpaired) electrons. The van der Waals surface area contributed by atoms with Crippen LogP contribution in [0.1, 0.15) is 86.0 Å². The minimum atomic E-state index is -0.763. The normalized spacial score (nSPS) is 51.5. The quantitative estimate of drug-likeness (QED) is 0.440. The predicted octanol–water partition coefficient (Wildman–Crippen LogP) is 3.35. The minimum absolute atomic E-state index is 0.000396. The summed E-state index contributed by atoms with van der Waals surface area (Å²) in [5, 5.41) is 53.6. The number of aliphatic hydroxyl groups excluding tert-OH is 5. The largest absolute Gasteiger partial charge is 0.393 e. The molecule has 5 nitrogen and oxygen atoms in total. The molecule has 32 heavy (non-hydrogen) atoms. The molecule has 0 bridgehead atoms. The summed E-state index contributed by atoms with van der Waals surface area (Å²) < 4.78 is 0.